The lowest BCUT2D eigenvalue weighted by Gasteiger charge is -2.26. The molecule has 170 valence electrons. The summed E-state index contributed by atoms with van der Waals surface area (Å²) in [6.45, 7) is 2.78. The lowest BCUT2D eigenvalue weighted by Crippen LogP contribution is -2.46. The Kier molecular flexibility index (Phi) is 10.2. The van der Waals surface area contributed by atoms with Crippen molar-refractivity contribution in [1.29, 1.82) is 0 Å². The fourth-order valence-corrected chi connectivity index (χ4v) is 3.29. The van der Waals surface area contributed by atoms with Gasteiger partial charge in [0.1, 0.15) is 0 Å². The number of hydrogen-bond donors (Lipinski definition) is 4. The highest BCUT2D eigenvalue weighted by atomic mass is 16.5. The Morgan fingerprint density at radius 2 is 1.84 bits per heavy atom. The Balaban J connectivity index is 1.91. The quantitative estimate of drug-likeness (QED) is 0.290. The summed E-state index contributed by atoms with van der Waals surface area (Å²) < 4.78 is 5.27. The van der Waals surface area contributed by atoms with Crippen molar-refractivity contribution < 1.29 is 24.2 Å². The number of morpholine rings is 1. The van der Waals surface area contributed by atoms with Crippen molar-refractivity contribution in [3.8, 4) is 0 Å². The van der Waals surface area contributed by atoms with Gasteiger partial charge in [-0.3, -0.25) is 9.59 Å². The zero-order valence-electron chi connectivity index (χ0n) is 17.7. The summed E-state index contributed by atoms with van der Waals surface area (Å²) in [4.78, 5) is 37.6. The van der Waals surface area contributed by atoms with Gasteiger partial charge in [-0.1, -0.05) is 18.2 Å². The second-order valence-corrected chi connectivity index (χ2v) is 7.51. The van der Waals surface area contributed by atoms with Crippen LogP contribution in [0.4, 0.5) is 0 Å². The molecular formula is C22H32N4O5. The third-order valence-corrected chi connectivity index (χ3v) is 5.06. The van der Waals surface area contributed by atoms with Crippen molar-refractivity contribution in [2.24, 2.45) is 11.5 Å². The predicted octanol–water partition coefficient (Wildman–Crippen LogP) is 0.283. The number of benzene rings is 1. The minimum Gasteiger partial charge on any atom is -0.478 e. The number of rotatable bonds is 11. The van der Waals surface area contributed by atoms with E-state index in [0.29, 0.717) is 51.3 Å². The van der Waals surface area contributed by atoms with Crippen LogP contribution in [0.3, 0.4) is 0 Å². The van der Waals surface area contributed by atoms with Gasteiger partial charge in [0.2, 0.25) is 5.91 Å². The van der Waals surface area contributed by atoms with Gasteiger partial charge in [0.25, 0.3) is 5.91 Å². The second kappa shape index (κ2) is 12.8. The zero-order chi connectivity index (χ0) is 22.6. The van der Waals surface area contributed by atoms with E-state index >= 15 is 0 Å². The van der Waals surface area contributed by atoms with E-state index in [0.717, 1.165) is 24.5 Å². The molecule has 9 heteroatoms. The minimum absolute atomic E-state index is 0.0394. The number of nitrogens with zero attached hydrogens (tertiary/aromatic N) is 1. The van der Waals surface area contributed by atoms with Crippen LogP contribution in [0.25, 0.3) is 0 Å². The van der Waals surface area contributed by atoms with Crippen LogP contribution in [-0.2, 0) is 20.7 Å². The number of carboxylic acids is 1. The highest BCUT2D eigenvalue weighted by Gasteiger charge is 2.20. The van der Waals surface area contributed by atoms with Crippen LogP contribution in [0.15, 0.2) is 36.4 Å². The Morgan fingerprint density at radius 1 is 1.16 bits per heavy atom. The molecular weight excluding hydrogens is 400 g/mol. The average Bonchev–Trinajstić information content (AvgIpc) is 2.78. The summed E-state index contributed by atoms with van der Waals surface area (Å²) in [7, 11) is 0. The molecule has 2 rings (SSSR count). The molecule has 9 nitrogen and oxygen atoms in total. The van der Waals surface area contributed by atoms with Crippen LogP contribution in [0, 0.1) is 0 Å². The lowest BCUT2D eigenvalue weighted by atomic mass is 10.0. The molecule has 31 heavy (non-hydrogen) atoms. The molecule has 2 amide bonds. The highest BCUT2D eigenvalue weighted by molar-refractivity contribution is 5.94. The van der Waals surface area contributed by atoms with E-state index in [4.69, 9.17) is 21.3 Å². The molecule has 1 heterocycles. The lowest BCUT2D eigenvalue weighted by molar-refractivity contribution is -0.131. The number of nitrogens with two attached hydrogens (primary N) is 2. The van der Waals surface area contributed by atoms with Gasteiger partial charge in [0.15, 0.2) is 0 Å². The first-order valence-corrected chi connectivity index (χ1v) is 10.5. The molecule has 0 aromatic heterocycles. The van der Waals surface area contributed by atoms with Crippen molar-refractivity contribution in [1.82, 2.24) is 10.2 Å². The maximum absolute atomic E-state index is 12.5. The number of unbranched alkanes of at least 4 members (excludes halogenated alkanes) is 1. The Morgan fingerprint density at radius 3 is 2.45 bits per heavy atom. The maximum Gasteiger partial charge on any atom is 0.328 e. The van der Waals surface area contributed by atoms with Gasteiger partial charge < -0.3 is 31.5 Å². The molecule has 0 aliphatic carbocycles. The number of nitrogens with one attached hydrogen (secondary N) is 1. The van der Waals surface area contributed by atoms with Gasteiger partial charge in [-0.25, -0.2) is 4.79 Å². The molecule has 0 radical (unpaired) electrons. The summed E-state index contributed by atoms with van der Waals surface area (Å²) in [5.41, 5.74) is 13.0. The number of ether oxygens (including phenoxy) is 1. The number of carbonyl (C=O) groups is 3. The van der Waals surface area contributed by atoms with Crippen molar-refractivity contribution in [2.45, 2.75) is 37.8 Å². The molecule has 0 bridgehead atoms. The third kappa shape index (κ3) is 8.49. The van der Waals surface area contributed by atoms with Crippen LogP contribution in [-0.4, -0.2) is 72.7 Å². The van der Waals surface area contributed by atoms with Gasteiger partial charge in [0, 0.05) is 30.8 Å². The normalized spacial score (nSPS) is 16.1. The zero-order valence-corrected chi connectivity index (χ0v) is 17.7. The molecule has 0 saturated carbocycles. The van der Waals surface area contributed by atoms with E-state index in [1.54, 1.807) is 29.2 Å². The van der Waals surface area contributed by atoms with Gasteiger partial charge in [0.05, 0.1) is 19.3 Å². The van der Waals surface area contributed by atoms with Crippen molar-refractivity contribution >= 4 is 17.8 Å². The van der Waals surface area contributed by atoms with E-state index < -0.39 is 18.1 Å². The summed E-state index contributed by atoms with van der Waals surface area (Å²) in [5, 5.41) is 11.6. The molecule has 1 aliphatic rings. The average molecular weight is 433 g/mol. The van der Waals surface area contributed by atoms with Crippen molar-refractivity contribution in [3.63, 3.8) is 0 Å². The number of aliphatic carboxylic acids is 1. The summed E-state index contributed by atoms with van der Waals surface area (Å²) in [6, 6.07) is 5.85. The van der Waals surface area contributed by atoms with E-state index in [9.17, 15) is 14.4 Å². The Labute approximate surface area is 182 Å². The van der Waals surface area contributed by atoms with Gasteiger partial charge in [-0.05, 0) is 49.9 Å². The smallest absolute Gasteiger partial charge is 0.328 e. The second-order valence-electron chi connectivity index (χ2n) is 7.51. The molecule has 0 spiro atoms. The maximum atomic E-state index is 12.5. The fourth-order valence-electron chi connectivity index (χ4n) is 3.29. The van der Waals surface area contributed by atoms with E-state index in [-0.39, 0.29) is 11.8 Å². The van der Waals surface area contributed by atoms with Gasteiger partial charge in [-0.15, -0.1) is 0 Å². The molecule has 1 saturated heterocycles. The van der Waals surface area contributed by atoms with Crippen LogP contribution >= 0.6 is 0 Å². The first kappa shape index (κ1) is 24.5. The van der Waals surface area contributed by atoms with Gasteiger partial charge >= 0.3 is 5.97 Å². The number of amides is 2. The van der Waals surface area contributed by atoms with E-state index in [2.05, 4.69) is 5.32 Å². The standard InChI is InChI=1S/C22H32N4O5/c23-10-2-1-3-18(8-9-20(27)28)25-21(29)19(24)15-16-4-6-17(7-5-16)22(30)26-11-13-31-14-12-26/h4-9,18-19H,1-3,10-15,23-24H2,(H,25,29)(H,27,28)/t18?,19-/m0/s1. The van der Waals surface area contributed by atoms with Crippen LogP contribution in [0.5, 0.6) is 0 Å². The third-order valence-electron chi connectivity index (χ3n) is 5.06. The van der Waals surface area contributed by atoms with Crippen LogP contribution in [0.1, 0.15) is 35.2 Å². The molecule has 1 unspecified atom stereocenters. The first-order valence-electron chi connectivity index (χ1n) is 10.5. The van der Waals surface area contributed by atoms with E-state index in [1.807, 2.05) is 0 Å². The fraction of sp³-hybridized carbons (Fsp3) is 0.500. The van der Waals surface area contributed by atoms with Crippen molar-refractivity contribution in [3.05, 3.63) is 47.5 Å². The molecule has 6 N–H and O–H groups in total. The first-order chi connectivity index (χ1) is 14.9. The molecule has 1 aromatic rings. The summed E-state index contributed by atoms with van der Waals surface area (Å²) in [6.07, 6.45) is 4.90. The SMILES string of the molecule is NCCCCC(C=CC(=O)O)NC(=O)[C@@H](N)Cc1ccc(C(=O)N2CCOCC2)cc1. The monoisotopic (exact) mass is 432 g/mol. The number of hydrogen-bond acceptors (Lipinski definition) is 6. The molecule has 1 fully saturated rings. The van der Waals surface area contributed by atoms with Crippen LogP contribution < -0.4 is 16.8 Å². The predicted molar refractivity (Wildman–Crippen MR) is 116 cm³/mol. The minimum atomic E-state index is -1.07. The molecule has 1 aliphatic heterocycles. The summed E-state index contributed by atoms with van der Waals surface area (Å²) >= 11 is 0. The van der Waals surface area contributed by atoms with E-state index in [1.165, 1.54) is 6.08 Å². The largest absolute Gasteiger partial charge is 0.478 e. The topological polar surface area (TPSA) is 148 Å². The summed E-state index contributed by atoms with van der Waals surface area (Å²) in [5.74, 6) is -1.47. The molecule has 1 aromatic carbocycles. The van der Waals surface area contributed by atoms with Crippen LogP contribution in [0.2, 0.25) is 0 Å². The van der Waals surface area contributed by atoms with Gasteiger partial charge in [-0.2, -0.15) is 0 Å². The molecule has 2 atom stereocenters. The highest BCUT2D eigenvalue weighted by Crippen LogP contribution is 2.11. The Bertz CT molecular complexity index is 760. The number of carbonyl (C=O) groups excluding carboxylic acids is 2. The van der Waals surface area contributed by atoms with Crippen molar-refractivity contribution in [2.75, 3.05) is 32.8 Å². The number of carboxylic acid groups (broad SMARTS) is 1. The Hall–Kier alpha value is -2.75.